The number of aliphatic hydroxyl groups is 1. The number of nitrogens with zero attached hydrogens (tertiary/aromatic N) is 2. The Balaban J connectivity index is 1.43. The van der Waals surface area contributed by atoms with Gasteiger partial charge in [-0.05, 0) is 43.5 Å². The van der Waals surface area contributed by atoms with E-state index in [1.807, 2.05) is 24.3 Å². The quantitative estimate of drug-likeness (QED) is 0.787. The fraction of sp³-hybridized carbons (Fsp3) is 0.444. The molecule has 1 aromatic heterocycles. The van der Waals surface area contributed by atoms with E-state index in [1.54, 1.807) is 23.5 Å². The zero-order valence-electron chi connectivity index (χ0n) is 13.6. The monoisotopic (exact) mass is 345 g/mol. The molecule has 1 unspecified atom stereocenters. The maximum absolute atomic E-state index is 11.9. The van der Waals surface area contributed by atoms with Gasteiger partial charge in [-0.1, -0.05) is 12.1 Å². The highest BCUT2D eigenvalue weighted by Gasteiger charge is 2.18. The number of hydrogen-bond donors (Lipinski definition) is 2. The van der Waals surface area contributed by atoms with E-state index in [1.165, 1.54) is 0 Å². The summed E-state index contributed by atoms with van der Waals surface area (Å²) in [6.07, 6.45) is 5.54. The van der Waals surface area contributed by atoms with Crippen LogP contribution < -0.4 is 5.32 Å². The third-order valence-electron chi connectivity index (χ3n) is 4.28. The van der Waals surface area contributed by atoms with Crippen LogP contribution in [-0.2, 0) is 4.79 Å². The third-order valence-corrected chi connectivity index (χ3v) is 5.28. The van der Waals surface area contributed by atoms with Crippen molar-refractivity contribution in [1.82, 2.24) is 15.2 Å². The van der Waals surface area contributed by atoms with Crippen molar-refractivity contribution in [2.75, 3.05) is 32.8 Å². The molecule has 128 valence electrons. The van der Waals surface area contributed by atoms with Gasteiger partial charge < -0.3 is 15.3 Å². The Morgan fingerprint density at radius 2 is 2.33 bits per heavy atom. The van der Waals surface area contributed by atoms with E-state index in [-0.39, 0.29) is 12.5 Å². The van der Waals surface area contributed by atoms with Gasteiger partial charge in [0.15, 0.2) is 0 Å². The molecule has 1 aliphatic rings. The van der Waals surface area contributed by atoms with E-state index < -0.39 is 0 Å². The Kier molecular flexibility index (Phi) is 5.96. The van der Waals surface area contributed by atoms with Crippen molar-refractivity contribution in [3.63, 3.8) is 0 Å². The highest BCUT2D eigenvalue weighted by atomic mass is 32.1. The van der Waals surface area contributed by atoms with Crippen molar-refractivity contribution >= 4 is 33.5 Å². The Bertz CT molecular complexity index is 680. The number of nitrogens with one attached hydrogen (secondary N) is 1. The molecule has 5 nitrogen and oxygen atoms in total. The maximum Gasteiger partial charge on any atom is 0.244 e. The number of benzene rings is 1. The molecular formula is C18H23N3O2S. The Hall–Kier alpha value is -1.76. The van der Waals surface area contributed by atoms with Gasteiger partial charge in [0.25, 0.3) is 0 Å². The summed E-state index contributed by atoms with van der Waals surface area (Å²) in [6.45, 7) is 3.69. The van der Waals surface area contributed by atoms with Crippen molar-refractivity contribution in [2.45, 2.75) is 12.8 Å². The molecule has 1 aromatic carbocycles. The number of piperidine rings is 1. The van der Waals surface area contributed by atoms with Crippen molar-refractivity contribution in [3.8, 4) is 0 Å². The van der Waals surface area contributed by atoms with Crippen molar-refractivity contribution in [1.29, 1.82) is 0 Å². The maximum atomic E-state index is 11.9. The number of para-hydroxylation sites is 1. The lowest BCUT2D eigenvalue weighted by Crippen LogP contribution is -2.41. The van der Waals surface area contributed by atoms with Crippen LogP contribution in [-0.4, -0.2) is 53.7 Å². The minimum atomic E-state index is -0.0926. The predicted molar refractivity (Wildman–Crippen MR) is 97.9 cm³/mol. The molecule has 3 rings (SSSR count). The summed E-state index contributed by atoms with van der Waals surface area (Å²) in [5.74, 6) is 0.290. The Labute approximate surface area is 146 Å². The van der Waals surface area contributed by atoms with Crippen molar-refractivity contribution in [3.05, 3.63) is 35.3 Å². The largest absolute Gasteiger partial charge is 0.396 e. The van der Waals surface area contributed by atoms with E-state index >= 15 is 0 Å². The number of carbonyl (C=O) groups excluding carboxylic acids is 1. The first-order valence-corrected chi connectivity index (χ1v) is 9.21. The number of fused-ring (bicyclic) bond motifs is 1. The van der Waals surface area contributed by atoms with Gasteiger partial charge >= 0.3 is 0 Å². The van der Waals surface area contributed by atoms with Gasteiger partial charge in [-0.15, -0.1) is 11.3 Å². The van der Waals surface area contributed by atoms with Gasteiger partial charge in [0.2, 0.25) is 5.91 Å². The van der Waals surface area contributed by atoms with Crippen LogP contribution in [0.5, 0.6) is 0 Å². The number of likely N-dealkylation sites (tertiary alicyclic amines) is 1. The zero-order chi connectivity index (χ0) is 16.8. The minimum Gasteiger partial charge on any atom is -0.396 e. The normalized spacial score (nSPS) is 19.1. The molecule has 2 N–H and O–H groups in total. The van der Waals surface area contributed by atoms with Crippen LogP contribution in [0.3, 0.4) is 0 Å². The summed E-state index contributed by atoms with van der Waals surface area (Å²) in [4.78, 5) is 18.7. The van der Waals surface area contributed by atoms with Gasteiger partial charge in [0.1, 0.15) is 5.01 Å². The molecular weight excluding hydrogens is 322 g/mol. The third kappa shape index (κ3) is 4.63. The average molecular weight is 345 g/mol. The minimum absolute atomic E-state index is 0.0926. The molecule has 0 saturated carbocycles. The van der Waals surface area contributed by atoms with Gasteiger partial charge in [-0.3, -0.25) is 4.79 Å². The highest BCUT2D eigenvalue weighted by molar-refractivity contribution is 7.19. The van der Waals surface area contributed by atoms with Crippen LogP contribution in [0.15, 0.2) is 30.3 Å². The molecule has 0 aliphatic carbocycles. The second-order valence-corrected chi connectivity index (χ2v) is 7.20. The number of rotatable bonds is 6. The SMILES string of the molecule is O=C(/C=C/c1nc2ccccc2s1)NCCN1CCCC(CO)C1. The lowest BCUT2D eigenvalue weighted by atomic mass is 9.99. The topological polar surface area (TPSA) is 65.5 Å². The fourth-order valence-corrected chi connectivity index (χ4v) is 3.88. The molecule has 0 radical (unpaired) electrons. The van der Waals surface area contributed by atoms with Crippen LogP contribution in [0.2, 0.25) is 0 Å². The smallest absolute Gasteiger partial charge is 0.244 e. The molecule has 24 heavy (non-hydrogen) atoms. The first kappa shape index (κ1) is 17.1. The summed E-state index contributed by atoms with van der Waals surface area (Å²) in [6, 6.07) is 7.96. The Morgan fingerprint density at radius 3 is 3.17 bits per heavy atom. The van der Waals surface area contributed by atoms with Crippen LogP contribution in [0, 0.1) is 5.92 Å². The second kappa shape index (κ2) is 8.37. The van der Waals surface area contributed by atoms with Crippen molar-refractivity contribution < 1.29 is 9.90 Å². The fourth-order valence-electron chi connectivity index (χ4n) is 3.01. The number of aliphatic hydroxyl groups excluding tert-OH is 1. The molecule has 2 aromatic rings. The molecule has 0 bridgehead atoms. The molecule has 6 heteroatoms. The average Bonchev–Trinajstić information content (AvgIpc) is 3.03. The van der Waals surface area contributed by atoms with Crippen molar-refractivity contribution in [2.24, 2.45) is 5.92 Å². The summed E-state index contributed by atoms with van der Waals surface area (Å²) in [7, 11) is 0. The summed E-state index contributed by atoms with van der Waals surface area (Å²) in [5, 5.41) is 13.0. The van der Waals surface area contributed by atoms with Crippen LogP contribution >= 0.6 is 11.3 Å². The molecule has 2 heterocycles. The van der Waals surface area contributed by atoms with Gasteiger partial charge in [-0.25, -0.2) is 4.98 Å². The van der Waals surface area contributed by atoms with E-state index in [0.717, 1.165) is 47.7 Å². The van der Waals surface area contributed by atoms with Gasteiger partial charge in [0.05, 0.1) is 10.2 Å². The molecule has 0 spiro atoms. The lowest BCUT2D eigenvalue weighted by Gasteiger charge is -2.31. The highest BCUT2D eigenvalue weighted by Crippen LogP contribution is 2.22. The number of carbonyl (C=O) groups is 1. The summed E-state index contributed by atoms with van der Waals surface area (Å²) in [5.41, 5.74) is 0.964. The van der Waals surface area contributed by atoms with Gasteiger partial charge in [0, 0.05) is 32.3 Å². The standard InChI is InChI=1S/C18H23N3O2S/c22-13-14-4-3-10-21(12-14)11-9-19-17(23)7-8-18-20-15-5-1-2-6-16(15)24-18/h1-2,5-8,14,22H,3-4,9-13H2,(H,19,23)/b8-7+. The molecule has 1 saturated heterocycles. The predicted octanol–water partition coefficient (Wildman–Crippen LogP) is 2.13. The van der Waals surface area contributed by atoms with E-state index in [4.69, 9.17) is 0 Å². The lowest BCUT2D eigenvalue weighted by molar-refractivity contribution is -0.116. The second-order valence-electron chi connectivity index (χ2n) is 6.14. The van der Waals surface area contributed by atoms with Gasteiger partial charge in [-0.2, -0.15) is 0 Å². The Morgan fingerprint density at radius 1 is 1.46 bits per heavy atom. The van der Waals surface area contributed by atoms with E-state index in [2.05, 4.69) is 15.2 Å². The zero-order valence-corrected chi connectivity index (χ0v) is 14.5. The van der Waals surface area contributed by atoms with Crippen LogP contribution in [0.1, 0.15) is 17.8 Å². The summed E-state index contributed by atoms with van der Waals surface area (Å²) >= 11 is 1.58. The molecule has 1 amide bonds. The number of amides is 1. The summed E-state index contributed by atoms with van der Waals surface area (Å²) < 4.78 is 1.13. The van der Waals surface area contributed by atoms with Crippen LogP contribution in [0.4, 0.5) is 0 Å². The number of thiazole rings is 1. The first-order valence-electron chi connectivity index (χ1n) is 8.39. The van der Waals surface area contributed by atoms with Crippen LogP contribution in [0.25, 0.3) is 16.3 Å². The van der Waals surface area contributed by atoms with E-state index in [9.17, 15) is 9.90 Å². The number of hydrogen-bond acceptors (Lipinski definition) is 5. The molecule has 1 fully saturated rings. The number of aromatic nitrogens is 1. The van der Waals surface area contributed by atoms with E-state index in [0.29, 0.717) is 12.5 Å². The molecule has 1 atom stereocenters. The molecule has 1 aliphatic heterocycles. The first-order chi connectivity index (χ1) is 11.7.